The van der Waals surface area contributed by atoms with Gasteiger partial charge in [0.25, 0.3) is 0 Å². The molecule has 0 spiro atoms. The van der Waals surface area contributed by atoms with Crippen LogP contribution < -0.4 is 5.32 Å². The average molecular weight is 259 g/mol. The topological polar surface area (TPSA) is 47.7 Å². The quantitative estimate of drug-likeness (QED) is 0.886. The van der Waals surface area contributed by atoms with Gasteiger partial charge in [-0.2, -0.15) is 10.2 Å². The van der Waals surface area contributed by atoms with Crippen LogP contribution in [0.5, 0.6) is 0 Å². The van der Waals surface area contributed by atoms with Crippen molar-refractivity contribution >= 4 is 0 Å². The summed E-state index contributed by atoms with van der Waals surface area (Å²) in [6, 6.07) is 0.737. The fourth-order valence-electron chi connectivity index (χ4n) is 2.40. The zero-order valence-corrected chi connectivity index (χ0v) is 11.8. The third-order valence-electron chi connectivity index (χ3n) is 3.77. The van der Waals surface area contributed by atoms with Crippen molar-refractivity contribution in [3.8, 4) is 0 Å². The minimum atomic E-state index is 0.737. The average Bonchev–Trinajstić information content (AvgIpc) is 3.05. The molecule has 0 aromatic carbocycles. The largest absolute Gasteiger partial charge is 0.310 e. The standard InChI is InChI=1S/C14H21N5/c1-10-14(7-15-13-4-5-13)11(2)19(17-10)9-12-6-16-18(3)8-12/h6,8,13,15H,4-5,7,9H2,1-3H3. The van der Waals surface area contributed by atoms with E-state index in [1.54, 1.807) is 0 Å². The van der Waals surface area contributed by atoms with Gasteiger partial charge < -0.3 is 5.32 Å². The molecule has 0 bridgehead atoms. The Labute approximate surface area is 113 Å². The minimum Gasteiger partial charge on any atom is -0.310 e. The first-order valence-corrected chi connectivity index (χ1v) is 6.87. The lowest BCUT2D eigenvalue weighted by Crippen LogP contribution is -2.16. The Kier molecular flexibility index (Phi) is 3.14. The van der Waals surface area contributed by atoms with Gasteiger partial charge in [-0.15, -0.1) is 0 Å². The second kappa shape index (κ2) is 4.81. The zero-order valence-electron chi connectivity index (χ0n) is 11.8. The van der Waals surface area contributed by atoms with Crippen LogP contribution in [0, 0.1) is 13.8 Å². The van der Waals surface area contributed by atoms with Crippen LogP contribution >= 0.6 is 0 Å². The lowest BCUT2D eigenvalue weighted by atomic mass is 10.2. The molecule has 0 unspecified atom stereocenters. The molecular weight excluding hydrogens is 238 g/mol. The predicted octanol–water partition coefficient (Wildman–Crippen LogP) is 1.53. The van der Waals surface area contributed by atoms with Gasteiger partial charge in [0.05, 0.1) is 18.4 Å². The van der Waals surface area contributed by atoms with E-state index >= 15 is 0 Å². The molecule has 0 atom stereocenters. The number of hydrogen-bond donors (Lipinski definition) is 1. The molecule has 0 aliphatic heterocycles. The molecule has 102 valence electrons. The van der Waals surface area contributed by atoms with Gasteiger partial charge in [-0.05, 0) is 26.7 Å². The molecule has 5 heteroatoms. The van der Waals surface area contributed by atoms with Crippen LogP contribution in [0.25, 0.3) is 0 Å². The molecule has 1 aliphatic carbocycles. The van der Waals surface area contributed by atoms with Gasteiger partial charge in [-0.3, -0.25) is 9.36 Å². The highest BCUT2D eigenvalue weighted by atomic mass is 15.3. The van der Waals surface area contributed by atoms with Crippen molar-refractivity contribution in [3.63, 3.8) is 0 Å². The Balaban J connectivity index is 1.75. The third kappa shape index (κ3) is 2.71. The third-order valence-corrected chi connectivity index (χ3v) is 3.77. The van der Waals surface area contributed by atoms with Gasteiger partial charge in [0.15, 0.2) is 0 Å². The van der Waals surface area contributed by atoms with Crippen LogP contribution in [-0.4, -0.2) is 25.6 Å². The van der Waals surface area contributed by atoms with Crippen LogP contribution in [0.15, 0.2) is 12.4 Å². The lowest BCUT2D eigenvalue weighted by molar-refractivity contribution is 0.651. The van der Waals surface area contributed by atoms with Gasteiger partial charge in [0.2, 0.25) is 0 Å². The molecule has 0 saturated heterocycles. The van der Waals surface area contributed by atoms with E-state index in [1.807, 2.05) is 24.1 Å². The molecule has 0 radical (unpaired) electrons. The smallest absolute Gasteiger partial charge is 0.0693 e. The first-order valence-electron chi connectivity index (χ1n) is 6.87. The second-order valence-electron chi connectivity index (χ2n) is 5.48. The van der Waals surface area contributed by atoms with Gasteiger partial charge in [0.1, 0.15) is 0 Å². The van der Waals surface area contributed by atoms with E-state index in [0.717, 1.165) is 24.8 Å². The van der Waals surface area contributed by atoms with E-state index in [-0.39, 0.29) is 0 Å². The maximum Gasteiger partial charge on any atom is 0.0693 e. The molecule has 19 heavy (non-hydrogen) atoms. The number of nitrogens with zero attached hydrogens (tertiary/aromatic N) is 4. The van der Waals surface area contributed by atoms with Gasteiger partial charge in [-0.25, -0.2) is 0 Å². The van der Waals surface area contributed by atoms with Crippen LogP contribution in [0.4, 0.5) is 0 Å². The molecule has 5 nitrogen and oxygen atoms in total. The fourth-order valence-corrected chi connectivity index (χ4v) is 2.40. The lowest BCUT2D eigenvalue weighted by Gasteiger charge is -2.05. The van der Waals surface area contributed by atoms with E-state index in [1.165, 1.54) is 29.7 Å². The zero-order chi connectivity index (χ0) is 13.4. The normalized spacial score (nSPS) is 15.1. The summed E-state index contributed by atoms with van der Waals surface area (Å²) >= 11 is 0. The van der Waals surface area contributed by atoms with Crippen molar-refractivity contribution in [2.45, 2.75) is 45.8 Å². The van der Waals surface area contributed by atoms with Crippen LogP contribution in [-0.2, 0) is 20.1 Å². The van der Waals surface area contributed by atoms with Crippen LogP contribution in [0.3, 0.4) is 0 Å². The van der Waals surface area contributed by atoms with E-state index in [2.05, 4.69) is 34.0 Å². The van der Waals surface area contributed by atoms with Crippen molar-refractivity contribution in [1.82, 2.24) is 24.9 Å². The van der Waals surface area contributed by atoms with E-state index in [9.17, 15) is 0 Å². The van der Waals surface area contributed by atoms with Crippen molar-refractivity contribution in [3.05, 3.63) is 34.9 Å². The second-order valence-corrected chi connectivity index (χ2v) is 5.48. The molecule has 1 aliphatic rings. The van der Waals surface area contributed by atoms with E-state index < -0.39 is 0 Å². The van der Waals surface area contributed by atoms with Gasteiger partial charge in [0, 0.05) is 42.7 Å². The Bertz CT molecular complexity index is 577. The first-order chi connectivity index (χ1) is 9.13. The highest BCUT2D eigenvalue weighted by Gasteiger charge is 2.21. The van der Waals surface area contributed by atoms with Crippen molar-refractivity contribution in [2.75, 3.05) is 0 Å². The number of aryl methyl sites for hydroxylation is 2. The Morgan fingerprint density at radius 2 is 2.16 bits per heavy atom. The van der Waals surface area contributed by atoms with Crippen molar-refractivity contribution in [2.24, 2.45) is 7.05 Å². The first kappa shape index (κ1) is 12.4. The molecule has 3 rings (SSSR count). The maximum absolute atomic E-state index is 4.65. The summed E-state index contributed by atoms with van der Waals surface area (Å²) in [5.41, 5.74) is 4.93. The highest BCUT2D eigenvalue weighted by molar-refractivity contribution is 5.25. The van der Waals surface area contributed by atoms with Gasteiger partial charge >= 0.3 is 0 Å². The molecule has 1 saturated carbocycles. The SMILES string of the molecule is Cc1nn(Cc2cnn(C)c2)c(C)c1CNC1CC1. The number of aromatic nitrogens is 4. The number of hydrogen-bond acceptors (Lipinski definition) is 3. The number of rotatable bonds is 5. The Morgan fingerprint density at radius 3 is 2.79 bits per heavy atom. The predicted molar refractivity (Wildman–Crippen MR) is 73.9 cm³/mol. The Hall–Kier alpha value is -1.62. The highest BCUT2D eigenvalue weighted by Crippen LogP contribution is 2.21. The molecule has 2 aromatic rings. The summed E-state index contributed by atoms with van der Waals surface area (Å²) < 4.78 is 3.91. The molecule has 2 aromatic heterocycles. The summed E-state index contributed by atoms with van der Waals surface area (Å²) in [5, 5.41) is 12.4. The monoisotopic (exact) mass is 259 g/mol. The minimum absolute atomic E-state index is 0.737. The fraction of sp³-hybridized carbons (Fsp3) is 0.571. The summed E-state index contributed by atoms with van der Waals surface area (Å²) in [4.78, 5) is 0. The number of nitrogens with one attached hydrogen (secondary N) is 1. The van der Waals surface area contributed by atoms with E-state index in [0.29, 0.717) is 0 Å². The molecule has 0 amide bonds. The Morgan fingerprint density at radius 1 is 1.37 bits per heavy atom. The molecular formula is C14H21N5. The van der Waals surface area contributed by atoms with Crippen LogP contribution in [0.2, 0.25) is 0 Å². The molecule has 2 heterocycles. The summed E-state index contributed by atoms with van der Waals surface area (Å²) in [6.07, 6.45) is 6.58. The maximum atomic E-state index is 4.65. The molecule has 1 N–H and O–H groups in total. The van der Waals surface area contributed by atoms with E-state index in [4.69, 9.17) is 0 Å². The van der Waals surface area contributed by atoms with Crippen molar-refractivity contribution in [1.29, 1.82) is 0 Å². The summed E-state index contributed by atoms with van der Waals surface area (Å²) in [7, 11) is 1.94. The van der Waals surface area contributed by atoms with Crippen molar-refractivity contribution < 1.29 is 0 Å². The summed E-state index contributed by atoms with van der Waals surface area (Å²) in [5.74, 6) is 0. The van der Waals surface area contributed by atoms with Crippen LogP contribution in [0.1, 0.15) is 35.4 Å². The molecule has 1 fully saturated rings. The summed E-state index contributed by atoms with van der Waals surface area (Å²) in [6.45, 7) is 5.98. The van der Waals surface area contributed by atoms with Gasteiger partial charge in [-0.1, -0.05) is 0 Å².